The number of imide groups is 3. The highest BCUT2D eigenvalue weighted by Crippen LogP contribution is 2.25. The standard InChI is InChI=1S/C14H15N3O5/c1-16(10-5-3-2-4-9(10)15)14(22)17-11(18)7-6-8(12(17)19)13(20)21/h2-5,8H,6-7,15H2,1H3,(H,20,21). The maximum absolute atomic E-state index is 12.4. The highest BCUT2D eigenvalue weighted by atomic mass is 16.4. The molecule has 1 atom stereocenters. The number of hydrogen-bond donors (Lipinski definition) is 2. The third-order valence-corrected chi connectivity index (χ3v) is 3.49. The van der Waals surface area contributed by atoms with Gasteiger partial charge in [0.2, 0.25) is 5.91 Å². The van der Waals surface area contributed by atoms with Gasteiger partial charge in [0, 0.05) is 13.5 Å². The Hall–Kier alpha value is -2.90. The fourth-order valence-corrected chi connectivity index (χ4v) is 2.26. The number of carboxylic acid groups (broad SMARTS) is 1. The SMILES string of the molecule is CN(C(=O)N1C(=O)CCC(C(=O)O)C1=O)c1ccccc1N. The molecule has 0 saturated carbocycles. The maximum Gasteiger partial charge on any atom is 0.337 e. The largest absolute Gasteiger partial charge is 0.481 e. The van der Waals surface area contributed by atoms with Crippen LogP contribution in [0.5, 0.6) is 0 Å². The lowest BCUT2D eigenvalue weighted by molar-refractivity contribution is -0.156. The molecule has 4 amide bonds. The van der Waals surface area contributed by atoms with Crippen molar-refractivity contribution in [3.05, 3.63) is 24.3 Å². The average molecular weight is 305 g/mol. The lowest BCUT2D eigenvalue weighted by atomic mass is 9.97. The summed E-state index contributed by atoms with van der Waals surface area (Å²) in [7, 11) is 1.36. The number of benzene rings is 1. The van der Waals surface area contributed by atoms with Crippen molar-refractivity contribution in [2.75, 3.05) is 17.7 Å². The number of anilines is 2. The van der Waals surface area contributed by atoms with Crippen molar-refractivity contribution < 1.29 is 24.3 Å². The van der Waals surface area contributed by atoms with Crippen LogP contribution in [0.4, 0.5) is 16.2 Å². The van der Waals surface area contributed by atoms with Crippen LogP contribution in [0.25, 0.3) is 0 Å². The number of nitrogens with zero attached hydrogens (tertiary/aromatic N) is 2. The van der Waals surface area contributed by atoms with Crippen molar-refractivity contribution in [1.29, 1.82) is 0 Å². The second-order valence-electron chi connectivity index (χ2n) is 4.90. The molecule has 22 heavy (non-hydrogen) atoms. The minimum atomic E-state index is -1.39. The minimum absolute atomic E-state index is 0.103. The van der Waals surface area contributed by atoms with Gasteiger partial charge in [-0.15, -0.1) is 0 Å². The lowest BCUT2D eigenvalue weighted by Gasteiger charge is -2.30. The van der Waals surface area contributed by atoms with E-state index in [1.165, 1.54) is 7.05 Å². The summed E-state index contributed by atoms with van der Waals surface area (Å²) in [5.74, 6) is -4.47. The summed E-state index contributed by atoms with van der Waals surface area (Å²) in [6.45, 7) is 0. The highest BCUT2D eigenvalue weighted by molar-refractivity contribution is 6.19. The molecule has 1 aromatic rings. The van der Waals surface area contributed by atoms with Crippen LogP contribution in [0.2, 0.25) is 0 Å². The summed E-state index contributed by atoms with van der Waals surface area (Å²) in [5.41, 5.74) is 6.38. The molecule has 1 unspecified atom stereocenters. The van der Waals surface area contributed by atoms with E-state index in [0.717, 1.165) is 4.90 Å². The Morgan fingerprint density at radius 3 is 2.55 bits per heavy atom. The zero-order chi connectivity index (χ0) is 16.4. The van der Waals surface area contributed by atoms with Crippen molar-refractivity contribution in [3.8, 4) is 0 Å². The summed E-state index contributed by atoms with van der Waals surface area (Å²) in [6.07, 6.45) is -0.277. The van der Waals surface area contributed by atoms with Gasteiger partial charge in [0.15, 0.2) is 0 Å². The molecule has 0 aliphatic carbocycles. The van der Waals surface area contributed by atoms with Gasteiger partial charge in [-0.3, -0.25) is 19.3 Å². The Kier molecular flexibility index (Phi) is 4.11. The fourth-order valence-electron chi connectivity index (χ4n) is 2.26. The Balaban J connectivity index is 2.30. The Labute approximate surface area is 126 Å². The minimum Gasteiger partial charge on any atom is -0.481 e. The Morgan fingerprint density at radius 1 is 1.32 bits per heavy atom. The molecule has 1 fully saturated rings. The zero-order valence-corrected chi connectivity index (χ0v) is 11.9. The Bertz CT molecular complexity index is 658. The molecule has 0 aromatic heterocycles. The van der Waals surface area contributed by atoms with Gasteiger partial charge in [0.05, 0.1) is 11.4 Å². The number of nitrogen functional groups attached to an aromatic ring is 1. The van der Waals surface area contributed by atoms with E-state index in [0.29, 0.717) is 16.3 Å². The summed E-state index contributed by atoms with van der Waals surface area (Å²) >= 11 is 0. The smallest absolute Gasteiger partial charge is 0.337 e. The molecule has 8 nitrogen and oxygen atoms in total. The van der Waals surface area contributed by atoms with Crippen molar-refractivity contribution >= 4 is 35.2 Å². The normalized spacial score (nSPS) is 18.2. The summed E-state index contributed by atoms with van der Waals surface area (Å²) in [5, 5.41) is 8.99. The number of carboxylic acids is 1. The number of carbonyl (C=O) groups is 4. The van der Waals surface area contributed by atoms with Crippen LogP contribution in [0.3, 0.4) is 0 Å². The topological polar surface area (TPSA) is 121 Å². The average Bonchev–Trinajstić information content (AvgIpc) is 2.46. The van der Waals surface area contributed by atoms with Crippen LogP contribution in [0, 0.1) is 5.92 Å². The number of urea groups is 1. The molecule has 116 valence electrons. The van der Waals surface area contributed by atoms with E-state index in [9.17, 15) is 19.2 Å². The molecule has 0 spiro atoms. The molecular weight excluding hydrogens is 290 g/mol. The number of piperidine rings is 1. The lowest BCUT2D eigenvalue weighted by Crippen LogP contribution is -2.54. The van der Waals surface area contributed by atoms with E-state index in [4.69, 9.17) is 10.8 Å². The van der Waals surface area contributed by atoms with E-state index < -0.39 is 29.7 Å². The summed E-state index contributed by atoms with van der Waals surface area (Å²) in [6, 6.07) is 5.53. The van der Waals surface area contributed by atoms with Crippen LogP contribution in [-0.4, -0.2) is 40.9 Å². The molecule has 0 radical (unpaired) electrons. The second kappa shape index (κ2) is 5.84. The van der Waals surface area contributed by atoms with Crippen LogP contribution in [0.15, 0.2) is 24.3 Å². The molecule has 1 heterocycles. The van der Waals surface area contributed by atoms with Gasteiger partial charge >= 0.3 is 12.0 Å². The van der Waals surface area contributed by atoms with Gasteiger partial charge in [-0.1, -0.05) is 12.1 Å². The number of likely N-dealkylation sites (tertiary alicyclic amines) is 1. The summed E-state index contributed by atoms with van der Waals surface area (Å²) < 4.78 is 0. The number of amides is 4. The quantitative estimate of drug-likeness (QED) is 0.470. The van der Waals surface area contributed by atoms with Crippen molar-refractivity contribution in [2.45, 2.75) is 12.8 Å². The third-order valence-electron chi connectivity index (χ3n) is 3.49. The monoisotopic (exact) mass is 305 g/mol. The molecule has 1 aromatic carbocycles. The number of rotatable bonds is 2. The number of hydrogen-bond acceptors (Lipinski definition) is 5. The van der Waals surface area contributed by atoms with Gasteiger partial charge in [-0.25, -0.2) is 4.79 Å². The van der Waals surface area contributed by atoms with Gasteiger partial charge in [-0.05, 0) is 18.6 Å². The van der Waals surface area contributed by atoms with E-state index in [1.54, 1.807) is 24.3 Å². The van der Waals surface area contributed by atoms with E-state index in [2.05, 4.69) is 0 Å². The fraction of sp³-hybridized carbons (Fsp3) is 0.286. The maximum atomic E-state index is 12.4. The highest BCUT2D eigenvalue weighted by Gasteiger charge is 2.43. The van der Waals surface area contributed by atoms with E-state index >= 15 is 0 Å². The number of carbonyl (C=O) groups excluding carboxylic acids is 3. The second-order valence-corrected chi connectivity index (χ2v) is 4.90. The molecule has 1 saturated heterocycles. The van der Waals surface area contributed by atoms with Crippen molar-refractivity contribution in [3.63, 3.8) is 0 Å². The molecule has 8 heteroatoms. The third kappa shape index (κ3) is 2.62. The first-order valence-electron chi connectivity index (χ1n) is 6.56. The van der Waals surface area contributed by atoms with Crippen LogP contribution >= 0.6 is 0 Å². The van der Waals surface area contributed by atoms with Crippen molar-refractivity contribution in [2.24, 2.45) is 5.92 Å². The first kappa shape index (κ1) is 15.5. The summed E-state index contributed by atoms with van der Waals surface area (Å²) in [4.78, 5) is 48.8. The molecule has 1 aliphatic heterocycles. The van der Waals surface area contributed by atoms with Crippen LogP contribution in [0.1, 0.15) is 12.8 Å². The number of aliphatic carboxylic acids is 1. The molecular formula is C14H15N3O5. The Morgan fingerprint density at radius 2 is 1.95 bits per heavy atom. The van der Waals surface area contributed by atoms with Crippen molar-refractivity contribution in [1.82, 2.24) is 4.90 Å². The predicted molar refractivity (Wildman–Crippen MR) is 76.9 cm³/mol. The van der Waals surface area contributed by atoms with Crippen LogP contribution < -0.4 is 10.6 Å². The van der Waals surface area contributed by atoms with Gasteiger partial charge in [0.1, 0.15) is 5.92 Å². The van der Waals surface area contributed by atoms with E-state index in [-0.39, 0.29) is 12.8 Å². The first-order chi connectivity index (χ1) is 10.3. The van der Waals surface area contributed by atoms with Gasteiger partial charge in [-0.2, -0.15) is 4.90 Å². The number of para-hydroxylation sites is 2. The molecule has 1 aliphatic rings. The van der Waals surface area contributed by atoms with Gasteiger partial charge < -0.3 is 10.8 Å². The van der Waals surface area contributed by atoms with Gasteiger partial charge in [0.25, 0.3) is 5.91 Å². The number of nitrogens with two attached hydrogens (primary N) is 1. The zero-order valence-electron chi connectivity index (χ0n) is 11.9. The first-order valence-corrected chi connectivity index (χ1v) is 6.56. The molecule has 2 rings (SSSR count). The van der Waals surface area contributed by atoms with Crippen LogP contribution in [-0.2, 0) is 14.4 Å². The molecule has 0 bridgehead atoms. The van der Waals surface area contributed by atoms with E-state index in [1.807, 2.05) is 0 Å². The molecule has 3 N–H and O–H groups in total. The predicted octanol–water partition coefficient (Wildman–Crippen LogP) is 0.675.